The average molecular weight is 478 g/mol. The Morgan fingerprint density at radius 3 is 2.89 bits per heavy atom. The monoisotopic (exact) mass is 477 g/mol. The van der Waals surface area contributed by atoms with Gasteiger partial charge in [-0.25, -0.2) is 14.8 Å². The SMILES string of the molecule is C\C=C/C(=N\C(C)=C\N(CC1CCCC(C)(Cn2cnc3ccc(C#N)cc32)C1)C(=O)OC)OC. The predicted molar refractivity (Wildman–Crippen MR) is 137 cm³/mol. The van der Waals surface area contributed by atoms with Gasteiger partial charge in [0.25, 0.3) is 0 Å². The van der Waals surface area contributed by atoms with Crippen molar-refractivity contribution >= 4 is 23.0 Å². The van der Waals surface area contributed by atoms with Crippen LogP contribution >= 0.6 is 0 Å². The first-order valence-corrected chi connectivity index (χ1v) is 11.9. The van der Waals surface area contributed by atoms with Crippen LogP contribution in [-0.4, -0.2) is 47.2 Å². The number of allylic oxidation sites excluding steroid dienone is 2. The summed E-state index contributed by atoms with van der Waals surface area (Å²) in [4.78, 5) is 23.1. The van der Waals surface area contributed by atoms with Crippen LogP contribution in [0.15, 0.2) is 53.6 Å². The molecule has 0 aliphatic heterocycles. The zero-order valence-corrected chi connectivity index (χ0v) is 21.3. The first-order valence-electron chi connectivity index (χ1n) is 11.9. The number of aliphatic imine (C=N–C) groups is 1. The van der Waals surface area contributed by atoms with Gasteiger partial charge in [-0.05, 0) is 68.7 Å². The fourth-order valence-corrected chi connectivity index (χ4v) is 4.98. The Hall–Kier alpha value is -3.60. The van der Waals surface area contributed by atoms with Crippen molar-refractivity contribution in [3.63, 3.8) is 0 Å². The zero-order valence-electron chi connectivity index (χ0n) is 21.3. The van der Waals surface area contributed by atoms with Crippen molar-refractivity contribution in [1.29, 1.82) is 5.26 Å². The number of aromatic nitrogens is 2. The van der Waals surface area contributed by atoms with Crippen LogP contribution in [0.1, 0.15) is 52.0 Å². The Morgan fingerprint density at radius 2 is 2.20 bits per heavy atom. The topological polar surface area (TPSA) is 92.7 Å². The van der Waals surface area contributed by atoms with E-state index >= 15 is 0 Å². The number of hydrogen-bond acceptors (Lipinski definition) is 6. The summed E-state index contributed by atoms with van der Waals surface area (Å²) < 4.78 is 12.5. The molecule has 2 aromatic rings. The summed E-state index contributed by atoms with van der Waals surface area (Å²) in [5, 5.41) is 9.29. The minimum Gasteiger partial charge on any atom is -0.481 e. The molecule has 1 aliphatic rings. The third-order valence-corrected chi connectivity index (χ3v) is 6.49. The number of ether oxygens (including phenoxy) is 2. The van der Waals surface area contributed by atoms with Crippen molar-refractivity contribution in [3.8, 4) is 6.07 Å². The van der Waals surface area contributed by atoms with E-state index in [1.54, 1.807) is 30.4 Å². The molecule has 1 aromatic heterocycles. The molecule has 1 fully saturated rings. The fraction of sp³-hybridized carbons (Fsp3) is 0.481. The number of carbonyl (C=O) groups is 1. The number of rotatable bonds is 7. The molecule has 35 heavy (non-hydrogen) atoms. The Kier molecular flexibility index (Phi) is 8.69. The highest BCUT2D eigenvalue weighted by Crippen LogP contribution is 2.41. The van der Waals surface area contributed by atoms with Crippen molar-refractivity contribution in [2.75, 3.05) is 20.8 Å². The lowest BCUT2D eigenvalue weighted by molar-refractivity contribution is 0.101. The number of benzene rings is 1. The second kappa shape index (κ2) is 11.7. The maximum atomic E-state index is 12.6. The molecule has 1 saturated carbocycles. The van der Waals surface area contributed by atoms with E-state index in [0.717, 1.165) is 43.3 Å². The third-order valence-electron chi connectivity index (χ3n) is 6.49. The van der Waals surface area contributed by atoms with E-state index in [1.807, 2.05) is 38.4 Å². The van der Waals surface area contributed by atoms with Crippen molar-refractivity contribution in [2.45, 2.75) is 53.0 Å². The predicted octanol–water partition coefficient (Wildman–Crippen LogP) is 5.66. The number of hydrogen-bond donors (Lipinski definition) is 0. The van der Waals surface area contributed by atoms with Crippen LogP contribution in [0, 0.1) is 22.7 Å². The Balaban J connectivity index is 1.77. The summed E-state index contributed by atoms with van der Waals surface area (Å²) in [6.45, 7) is 7.40. The number of amides is 1. The Labute approximate surface area is 207 Å². The zero-order chi connectivity index (χ0) is 25.4. The van der Waals surface area contributed by atoms with Crippen LogP contribution in [-0.2, 0) is 16.0 Å². The van der Waals surface area contributed by atoms with Gasteiger partial charge < -0.3 is 14.0 Å². The normalized spacial score (nSPS) is 21.2. The summed E-state index contributed by atoms with van der Waals surface area (Å²) >= 11 is 0. The molecular formula is C27H35N5O3. The molecular weight excluding hydrogens is 442 g/mol. The van der Waals surface area contributed by atoms with E-state index in [0.29, 0.717) is 29.6 Å². The first-order chi connectivity index (χ1) is 16.8. The van der Waals surface area contributed by atoms with Gasteiger partial charge in [0.05, 0.1) is 48.9 Å². The van der Waals surface area contributed by atoms with Gasteiger partial charge in [0, 0.05) is 19.3 Å². The van der Waals surface area contributed by atoms with Crippen LogP contribution in [0.2, 0.25) is 0 Å². The van der Waals surface area contributed by atoms with E-state index in [2.05, 4.69) is 27.5 Å². The Morgan fingerprint density at radius 1 is 1.40 bits per heavy atom. The van der Waals surface area contributed by atoms with E-state index in [9.17, 15) is 10.1 Å². The molecule has 3 rings (SSSR count). The van der Waals surface area contributed by atoms with Crippen LogP contribution in [0.4, 0.5) is 4.79 Å². The lowest BCUT2D eigenvalue weighted by Crippen LogP contribution is -2.37. The minimum absolute atomic E-state index is 0.0486. The summed E-state index contributed by atoms with van der Waals surface area (Å²) in [7, 11) is 2.96. The van der Waals surface area contributed by atoms with Crippen LogP contribution < -0.4 is 0 Å². The molecule has 8 nitrogen and oxygen atoms in total. The van der Waals surface area contributed by atoms with E-state index in [1.165, 1.54) is 7.11 Å². The number of nitriles is 1. The van der Waals surface area contributed by atoms with E-state index in [4.69, 9.17) is 9.47 Å². The van der Waals surface area contributed by atoms with Crippen molar-refractivity contribution in [2.24, 2.45) is 16.3 Å². The number of fused-ring (bicyclic) bond motifs is 1. The average Bonchev–Trinajstić information content (AvgIpc) is 3.23. The quantitative estimate of drug-likeness (QED) is 0.379. The number of methoxy groups -OCH3 is 2. The number of imidazole rings is 1. The van der Waals surface area contributed by atoms with Crippen molar-refractivity contribution in [3.05, 3.63) is 54.1 Å². The second-order valence-corrected chi connectivity index (χ2v) is 9.51. The molecule has 186 valence electrons. The van der Waals surface area contributed by atoms with Gasteiger partial charge in [0.1, 0.15) is 0 Å². The molecule has 1 amide bonds. The van der Waals surface area contributed by atoms with Crippen LogP contribution in [0.25, 0.3) is 11.0 Å². The van der Waals surface area contributed by atoms with Gasteiger partial charge in [0.15, 0.2) is 0 Å². The standard InChI is InChI=1S/C27H35N5O3/c1-6-8-25(34-4)30-20(2)16-31(26(33)35-5)17-22-9-7-12-27(3,14-22)18-32-19-29-23-11-10-21(15-28)13-24(23)32/h6,8,10-11,13,16,19,22H,7,9,12,14,17-18H2,1-5H3/b8-6-,20-16+,30-25+. The maximum Gasteiger partial charge on any atom is 0.413 e. The second-order valence-electron chi connectivity index (χ2n) is 9.51. The molecule has 0 spiro atoms. The smallest absolute Gasteiger partial charge is 0.413 e. The molecule has 8 heteroatoms. The Bertz CT molecular complexity index is 1170. The number of nitrogens with zero attached hydrogens (tertiary/aromatic N) is 5. The lowest BCUT2D eigenvalue weighted by Gasteiger charge is -2.39. The van der Waals surface area contributed by atoms with Crippen molar-refractivity contribution in [1.82, 2.24) is 14.5 Å². The minimum atomic E-state index is -0.401. The summed E-state index contributed by atoms with van der Waals surface area (Å²) in [6, 6.07) is 7.81. The van der Waals surface area contributed by atoms with Gasteiger partial charge in [-0.3, -0.25) is 4.90 Å². The highest BCUT2D eigenvalue weighted by Gasteiger charge is 2.34. The van der Waals surface area contributed by atoms with Gasteiger partial charge in [-0.1, -0.05) is 19.4 Å². The molecule has 1 aliphatic carbocycles. The summed E-state index contributed by atoms with van der Waals surface area (Å²) in [5.41, 5.74) is 3.21. The number of carbonyl (C=O) groups excluding carboxylic acids is 1. The van der Waals surface area contributed by atoms with Gasteiger partial charge in [0.2, 0.25) is 5.90 Å². The molecule has 0 bridgehead atoms. The first kappa shape index (κ1) is 26.0. The molecule has 0 saturated heterocycles. The highest BCUT2D eigenvalue weighted by atomic mass is 16.5. The van der Waals surface area contributed by atoms with Gasteiger partial charge in [-0.15, -0.1) is 0 Å². The largest absolute Gasteiger partial charge is 0.481 e. The van der Waals surface area contributed by atoms with Gasteiger partial charge in [-0.2, -0.15) is 5.26 Å². The van der Waals surface area contributed by atoms with E-state index < -0.39 is 6.09 Å². The molecule has 1 aromatic carbocycles. The van der Waals surface area contributed by atoms with Gasteiger partial charge >= 0.3 is 6.09 Å². The fourth-order valence-electron chi connectivity index (χ4n) is 4.98. The molecule has 2 atom stereocenters. The van der Waals surface area contributed by atoms with Crippen LogP contribution in [0.3, 0.4) is 0 Å². The highest BCUT2D eigenvalue weighted by molar-refractivity contribution is 5.88. The molecule has 0 N–H and O–H groups in total. The van der Waals surface area contributed by atoms with Crippen LogP contribution in [0.5, 0.6) is 0 Å². The molecule has 1 heterocycles. The summed E-state index contributed by atoms with van der Waals surface area (Å²) in [6.07, 6.45) is 11.0. The third kappa shape index (κ3) is 6.72. The molecule has 0 radical (unpaired) electrons. The summed E-state index contributed by atoms with van der Waals surface area (Å²) in [5.74, 6) is 0.797. The van der Waals surface area contributed by atoms with E-state index in [-0.39, 0.29) is 5.41 Å². The molecule has 2 unspecified atom stereocenters. The lowest BCUT2D eigenvalue weighted by atomic mass is 9.70. The van der Waals surface area contributed by atoms with Crippen molar-refractivity contribution < 1.29 is 14.3 Å². The maximum absolute atomic E-state index is 12.6.